The number of anilines is 1. The number of piperazine rings is 1. The molecular formula is C20H25N3O3. The Hall–Kier alpha value is -2.31. The smallest absolute Gasteiger partial charge is 0.289 e. The van der Waals surface area contributed by atoms with Crippen LogP contribution >= 0.6 is 0 Å². The molecule has 4 rings (SSSR count). The lowest BCUT2D eigenvalue weighted by Gasteiger charge is -2.35. The van der Waals surface area contributed by atoms with Gasteiger partial charge in [0.1, 0.15) is 5.76 Å². The van der Waals surface area contributed by atoms with Gasteiger partial charge in [-0.2, -0.15) is 0 Å². The number of para-hydroxylation sites is 1. The maximum atomic E-state index is 12.5. The molecule has 6 nitrogen and oxygen atoms in total. The van der Waals surface area contributed by atoms with Gasteiger partial charge in [-0.25, -0.2) is 0 Å². The van der Waals surface area contributed by atoms with Crippen LogP contribution in [-0.4, -0.2) is 68.2 Å². The van der Waals surface area contributed by atoms with Gasteiger partial charge in [-0.1, -0.05) is 18.2 Å². The number of hydrogen-bond acceptors (Lipinski definition) is 5. The molecule has 0 spiro atoms. The molecule has 1 aromatic carbocycles. The first-order valence-corrected chi connectivity index (χ1v) is 9.28. The maximum Gasteiger partial charge on any atom is 0.289 e. The van der Waals surface area contributed by atoms with Crippen molar-refractivity contribution < 1.29 is 13.9 Å². The maximum absolute atomic E-state index is 12.5. The topological polar surface area (TPSA) is 49.2 Å². The lowest BCUT2D eigenvalue weighted by Crippen LogP contribution is -2.45. The fourth-order valence-electron chi connectivity index (χ4n) is 3.52. The third-order valence-electron chi connectivity index (χ3n) is 5.04. The summed E-state index contributed by atoms with van der Waals surface area (Å²) in [5.41, 5.74) is 1.28. The Balaban J connectivity index is 1.30. The van der Waals surface area contributed by atoms with E-state index in [2.05, 4.69) is 34.1 Å². The van der Waals surface area contributed by atoms with Gasteiger partial charge in [0, 0.05) is 45.0 Å². The summed E-state index contributed by atoms with van der Waals surface area (Å²) in [6.07, 6.45) is 0. The molecule has 138 valence electrons. The molecule has 2 saturated heterocycles. The number of carbonyl (C=O) groups is 1. The quantitative estimate of drug-likeness (QED) is 0.840. The Bertz CT molecular complexity index is 717. The molecule has 3 heterocycles. The number of carbonyl (C=O) groups excluding carboxylic acids is 1. The second kappa shape index (κ2) is 7.93. The third-order valence-corrected chi connectivity index (χ3v) is 5.04. The predicted molar refractivity (Wildman–Crippen MR) is 99.4 cm³/mol. The number of benzene rings is 1. The molecule has 1 aromatic heterocycles. The molecule has 0 aliphatic carbocycles. The largest absolute Gasteiger partial charge is 0.455 e. The van der Waals surface area contributed by atoms with Gasteiger partial charge in [0.15, 0.2) is 5.76 Å². The van der Waals surface area contributed by atoms with Gasteiger partial charge in [0.05, 0.1) is 19.8 Å². The molecule has 0 N–H and O–H groups in total. The molecule has 0 unspecified atom stereocenters. The molecule has 1 amide bonds. The molecule has 0 bridgehead atoms. The molecule has 2 fully saturated rings. The number of morpholine rings is 1. The molecule has 0 radical (unpaired) electrons. The average molecular weight is 355 g/mol. The van der Waals surface area contributed by atoms with Crippen LogP contribution in [0.3, 0.4) is 0 Å². The number of nitrogens with zero attached hydrogens (tertiary/aromatic N) is 3. The Morgan fingerprint density at radius 2 is 1.62 bits per heavy atom. The number of amides is 1. The first-order chi connectivity index (χ1) is 12.8. The summed E-state index contributed by atoms with van der Waals surface area (Å²) < 4.78 is 11.1. The van der Waals surface area contributed by atoms with Gasteiger partial charge >= 0.3 is 0 Å². The van der Waals surface area contributed by atoms with Crippen LogP contribution < -0.4 is 4.90 Å². The van der Waals surface area contributed by atoms with Gasteiger partial charge in [-0.3, -0.25) is 9.69 Å². The molecule has 6 heteroatoms. The van der Waals surface area contributed by atoms with Crippen molar-refractivity contribution in [2.75, 3.05) is 57.4 Å². The summed E-state index contributed by atoms with van der Waals surface area (Å²) in [5.74, 6) is 1.26. The van der Waals surface area contributed by atoms with E-state index in [4.69, 9.17) is 9.15 Å². The summed E-state index contributed by atoms with van der Waals surface area (Å²) in [6, 6.07) is 14.3. The van der Waals surface area contributed by atoms with Crippen LogP contribution in [-0.2, 0) is 11.3 Å². The highest BCUT2D eigenvalue weighted by atomic mass is 16.5. The molecular weight excluding hydrogens is 330 g/mol. The van der Waals surface area contributed by atoms with Crippen molar-refractivity contribution in [3.05, 3.63) is 54.0 Å². The van der Waals surface area contributed by atoms with Crippen LogP contribution in [0.15, 0.2) is 46.9 Å². The number of hydrogen-bond donors (Lipinski definition) is 0. The van der Waals surface area contributed by atoms with E-state index in [1.165, 1.54) is 5.69 Å². The fourth-order valence-corrected chi connectivity index (χ4v) is 3.52. The normalized spacial score (nSPS) is 18.9. The average Bonchev–Trinajstić information content (AvgIpc) is 3.18. The summed E-state index contributed by atoms with van der Waals surface area (Å²) >= 11 is 0. The summed E-state index contributed by atoms with van der Waals surface area (Å²) in [5, 5.41) is 0. The third kappa shape index (κ3) is 3.92. The van der Waals surface area contributed by atoms with Crippen LogP contribution in [0.4, 0.5) is 5.69 Å². The molecule has 2 aromatic rings. The highest BCUT2D eigenvalue weighted by molar-refractivity contribution is 5.91. The molecule has 0 atom stereocenters. The van der Waals surface area contributed by atoms with Gasteiger partial charge in [-0.05, 0) is 24.3 Å². The first kappa shape index (κ1) is 17.1. The van der Waals surface area contributed by atoms with Crippen molar-refractivity contribution in [2.24, 2.45) is 0 Å². The summed E-state index contributed by atoms with van der Waals surface area (Å²) in [4.78, 5) is 19.0. The minimum Gasteiger partial charge on any atom is -0.455 e. The van der Waals surface area contributed by atoms with Gasteiger partial charge in [-0.15, -0.1) is 0 Å². The van der Waals surface area contributed by atoms with E-state index in [1.807, 2.05) is 12.1 Å². The Kier molecular flexibility index (Phi) is 5.22. The Morgan fingerprint density at radius 1 is 0.885 bits per heavy atom. The van der Waals surface area contributed by atoms with E-state index in [0.29, 0.717) is 32.1 Å². The van der Waals surface area contributed by atoms with Crippen molar-refractivity contribution in [2.45, 2.75) is 6.54 Å². The molecule has 0 saturated carbocycles. The summed E-state index contributed by atoms with van der Waals surface area (Å²) in [6.45, 7) is 7.21. The minimum absolute atomic E-state index is 0.0338. The van der Waals surface area contributed by atoms with Crippen LogP contribution in [0.5, 0.6) is 0 Å². The number of rotatable bonds is 4. The van der Waals surface area contributed by atoms with Crippen molar-refractivity contribution in [3.63, 3.8) is 0 Å². The van der Waals surface area contributed by atoms with E-state index in [1.54, 1.807) is 11.0 Å². The molecule has 2 aliphatic rings. The predicted octanol–water partition coefficient (Wildman–Crippen LogP) is 2.07. The second-order valence-electron chi connectivity index (χ2n) is 6.77. The zero-order chi connectivity index (χ0) is 17.8. The van der Waals surface area contributed by atoms with Gasteiger partial charge in [0.2, 0.25) is 0 Å². The summed E-state index contributed by atoms with van der Waals surface area (Å²) in [7, 11) is 0. The van der Waals surface area contributed by atoms with Crippen molar-refractivity contribution in [3.8, 4) is 0 Å². The minimum atomic E-state index is -0.0338. The molecule has 2 aliphatic heterocycles. The van der Waals surface area contributed by atoms with Crippen LogP contribution in [0.2, 0.25) is 0 Å². The lowest BCUT2D eigenvalue weighted by molar-refractivity contribution is 0.0281. The number of furan rings is 1. The van der Waals surface area contributed by atoms with E-state index < -0.39 is 0 Å². The zero-order valence-electron chi connectivity index (χ0n) is 15.0. The van der Waals surface area contributed by atoms with E-state index >= 15 is 0 Å². The van der Waals surface area contributed by atoms with Crippen molar-refractivity contribution in [1.82, 2.24) is 9.80 Å². The van der Waals surface area contributed by atoms with E-state index in [-0.39, 0.29) is 5.91 Å². The van der Waals surface area contributed by atoms with Crippen molar-refractivity contribution in [1.29, 1.82) is 0 Å². The zero-order valence-corrected chi connectivity index (χ0v) is 15.0. The Morgan fingerprint density at radius 3 is 2.35 bits per heavy atom. The van der Waals surface area contributed by atoms with Crippen LogP contribution in [0, 0.1) is 0 Å². The highest BCUT2D eigenvalue weighted by Gasteiger charge is 2.23. The van der Waals surface area contributed by atoms with Crippen LogP contribution in [0.25, 0.3) is 0 Å². The van der Waals surface area contributed by atoms with Crippen molar-refractivity contribution >= 4 is 11.6 Å². The first-order valence-electron chi connectivity index (χ1n) is 9.28. The highest BCUT2D eigenvalue weighted by Crippen LogP contribution is 2.18. The number of ether oxygens (including phenoxy) is 1. The standard InChI is InChI=1S/C20H25N3O3/c24-20(23-12-14-25-15-13-23)19-7-6-18(26-19)16-21-8-10-22(11-9-21)17-4-2-1-3-5-17/h1-7H,8-16H2. The lowest BCUT2D eigenvalue weighted by atomic mass is 10.2. The van der Waals surface area contributed by atoms with E-state index in [9.17, 15) is 4.79 Å². The SMILES string of the molecule is O=C(c1ccc(CN2CCN(c3ccccc3)CC2)o1)N1CCOCC1. The second-order valence-corrected chi connectivity index (χ2v) is 6.77. The monoisotopic (exact) mass is 355 g/mol. The van der Waals surface area contributed by atoms with Gasteiger partial charge in [0.25, 0.3) is 5.91 Å². The van der Waals surface area contributed by atoms with Gasteiger partial charge < -0.3 is 19.0 Å². The Labute approximate surface area is 153 Å². The van der Waals surface area contributed by atoms with E-state index in [0.717, 1.165) is 38.5 Å². The van der Waals surface area contributed by atoms with Crippen LogP contribution in [0.1, 0.15) is 16.3 Å². The fraction of sp³-hybridized carbons (Fsp3) is 0.450. The molecule has 26 heavy (non-hydrogen) atoms.